The molecule has 1 unspecified atom stereocenters. The Morgan fingerprint density at radius 2 is 1.86 bits per heavy atom. The Morgan fingerprint density at radius 1 is 1.09 bits per heavy atom. The number of nitrogens with one attached hydrogen (secondary N) is 1. The lowest BCUT2D eigenvalue weighted by molar-refractivity contribution is -0.136. The number of pyridine rings is 1. The minimum atomic E-state index is -0.929. The SMILES string of the molecule is Cc1noc(-c2cccc(-c3cncc(CC(=O)O)c3)c2)c1NC(=O)OC(C)c1ccccc1Cl. The van der Waals surface area contributed by atoms with Crippen LogP contribution in [0.4, 0.5) is 10.5 Å². The van der Waals surface area contributed by atoms with Gasteiger partial charge in [0.1, 0.15) is 17.5 Å². The summed E-state index contributed by atoms with van der Waals surface area (Å²) in [7, 11) is 0. The number of carboxylic acids is 1. The molecule has 0 aliphatic heterocycles. The summed E-state index contributed by atoms with van der Waals surface area (Å²) in [5.41, 5.74) is 4.38. The van der Waals surface area contributed by atoms with Crippen LogP contribution >= 0.6 is 11.6 Å². The maximum absolute atomic E-state index is 12.7. The van der Waals surface area contributed by atoms with Gasteiger partial charge in [-0.1, -0.05) is 53.2 Å². The van der Waals surface area contributed by atoms with Crippen molar-refractivity contribution in [3.63, 3.8) is 0 Å². The molecule has 0 radical (unpaired) electrons. The van der Waals surface area contributed by atoms with Crippen molar-refractivity contribution in [3.8, 4) is 22.5 Å². The van der Waals surface area contributed by atoms with Gasteiger partial charge in [0, 0.05) is 34.1 Å². The average Bonchev–Trinajstić information content (AvgIpc) is 3.19. The highest BCUT2D eigenvalue weighted by atomic mass is 35.5. The molecule has 8 nitrogen and oxygen atoms in total. The lowest BCUT2D eigenvalue weighted by Crippen LogP contribution is -2.17. The Hall–Kier alpha value is -4.17. The summed E-state index contributed by atoms with van der Waals surface area (Å²) < 4.78 is 11.0. The molecule has 0 aliphatic carbocycles. The van der Waals surface area contributed by atoms with Gasteiger partial charge in [-0.15, -0.1) is 0 Å². The summed E-state index contributed by atoms with van der Waals surface area (Å²) in [6.45, 7) is 3.45. The van der Waals surface area contributed by atoms with Gasteiger partial charge in [-0.25, -0.2) is 4.79 Å². The number of benzene rings is 2. The van der Waals surface area contributed by atoms with Crippen molar-refractivity contribution in [2.24, 2.45) is 0 Å². The molecule has 9 heteroatoms. The van der Waals surface area contributed by atoms with E-state index in [2.05, 4.69) is 15.5 Å². The number of hydrogen-bond acceptors (Lipinski definition) is 6. The van der Waals surface area contributed by atoms with E-state index < -0.39 is 18.2 Å². The number of aromatic nitrogens is 2. The molecule has 2 N–H and O–H groups in total. The Kier molecular flexibility index (Phi) is 7.12. The summed E-state index contributed by atoms with van der Waals surface area (Å²) in [6.07, 6.45) is 1.82. The molecule has 1 amide bonds. The molecule has 0 spiro atoms. The number of hydrogen-bond donors (Lipinski definition) is 2. The maximum atomic E-state index is 12.7. The predicted molar refractivity (Wildman–Crippen MR) is 131 cm³/mol. The number of anilines is 1. The topological polar surface area (TPSA) is 115 Å². The molecular weight excluding hydrogens is 470 g/mol. The zero-order chi connectivity index (χ0) is 24.9. The van der Waals surface area contributed by atoms with Crippen LogP contribution < -0.4 is 5.32 Å². The molecule has 178 valence electrons. The molecule has 2 aromatic carbocycles. The zero-order valence-electron chi connectivity index (χ0n) is 19.0. The number of carbonyl (C=O) groups is 2. The molecule has 0 aliphatic rings. The number of aryl methyl sites for hydroxylation is 1. The van der Waals surface area contributed by atoms with Crippen LogP contribution in [0.25, 0.3) is 22.5 Å². The second kappa shape index (κ2) is 10.4. The highest BCUT2D eigenvalue weighted by Crippen LogP contribution is 2.34. The quantitative estimate of drug-likeness (QED) is 0.311. The van der Waals surface area contributed by atoms with Crippen LogP contribution in [0.2, 0.25) is 5.02 Å². The summed E-state index contributed by atoms with van der Waals surface area (Å²) >= 11 is 6.21. The van der Waals surface area contributed by atoms with Gasteiger partial charge < -0.3 is 14.4 Å². The molecule has 0 saturated carbocycles. The van der Waals surface area contributed by atoms with Crippen LogP contribution in [0.1, 0.15) is 29.8 Å². The lowest BCUT2D eigenvalue weighted by Gasteiger charge is -2.15. The number of nitrogens with zero attached hydrogens (tertiary/aromatic N) is 2. The molecule has 35 heavy (non-hydrogen) atoms. The van der Waals surface area contributed by atoms with E-state index in [9.17, 15) is 9.59 Å². The predicted octanol–water partition coefficient (Wildman–Crippen LogP) is 6.30. The van der Waals surface area contributed by atoms with Gasteiger partial charge in [-0.2, -0.15) is 0 Å². The molecule has 0 saturated heterocycles. The first-order valence-electron chi connectivity index (χ1n) is 10.8. The van der Waals surface area contributed by atoms with Crippen LogP contribution in [-0.4, -0.2) is 27.3 Å². The first kappa shape index (κ1) is 24.0. The highest BCUT2D eigenvalue weighted by Gasteiger charge is 2.21. The average molecular weight is 492 g/mol. The molecule has 1 atom stereocenters. The standard InChI is InChI=1S/C26H22ClN3O5/c1-15-24(29-26(33)34-16(2)21-8-3-4-9-22(21)27)25(35-30-15)19-7-5-6-18(12-19)20-10-17(11-23(31)32)13-28-14-20/h3-10,12-14,16H,11H2,1-2H3,(H,29,33)(H,31,32). The van der Waals surface area contributed by atoms with Gasteiger partial charge in [0.15, 0.2) is 5.76 Å². The highest BCUT2D eigenvalue weighted by molar-refractivity contribution is 6.31. The second-order valence-corrected chi connectivity index (χ2v) is 8.31. The van der Waals surface area contributed by atoms with Crippen LogP contribution in [0.3, 0.4) is 0 Å². The van der Waals surface area contributed by atoms with Crippen LogP contribution in [0.5, 0.6) is 0 Å². The number of carboxylic acid groups (broad SMARTS) is 1. The number of halogens is 1. The molecule has 2 heterocycles. The second-order valence-electron chi connectivity index (χ2n) is 7.90. The van der Waals surface area contributed by atoms with Crippen molar-refractivity contribution in [3.05, 3.63) is 88.8 Å². The van der Waals surface area contributed by atoms with E-state index in [4.69, 9.17) is 26.0 Å². The monoisotopic (exact) mass is 491 g/mol. The molecule has 2 aromatic heterocycles. The number of rotatable bonds is 7. The number of carbonyl (C=O) groups excluding carboxylic acids is 1. The third kappa shape index (κ3) is 5.67. The van der Waals surface area contributed by atoms with Gasteiger partial charge in [-0.3, -0.25) is 15.1 Å². The Bertz CT molecular complexity index is 1380. The molecule has 4 rings (SSSR count). The third-order valence-corrected chi connectivity index (χ3v) is 5.67. The largest absolute Gasteiger partial charge is 0.481 e. The smallest absolute Gasteiger partial charge is 0.412 e. The maximum Gasteiger partial charge on any atom is 0.412 e. The summed E-state index contributed by atoms with van der Waals surface area (Å²) in [5, 5.41) is 16.3. The van der Waals surface area contributed by atoms with Crippen molar-refractivity contribution in [1.82, 2.24) is 10.1 Å². The number of aliphatic carboxylic acids is 1. The van der Waals surface area contributed by atoms with E-state index >= 15 is 0 Å². The van der Waals surface area contributed by atoms with E-state index in [1.54, 1.807) is 44.3 Å². The van der Waals surface area contributed by atoms with Gasteiger partial charge in [0.25, 0.3) is 0 Å². The first-order valence-corrected chi connectivity index (χ1v) is 11.1. The Morgan fingerprint density at radius 3 is 2.63 bits per heavy atom. The number of amides is 1. The molecule has 4 aromatic rings. The fourth-order valence-corrected chi connectivity index (χ4v) is 3.92. The fraction of sp³-hybridized carbons (Fsp3) is 0.154. The fourth-order valence-electron chi connectivity index (χ4n) is 3.63. The van der Waals surface area contributed by atoms with Gasteiger partial charge in [0.05, 0.1) is 6.42 Å². The van der Waals surface area contributed by atoms with Gasteiger partial charge in [-0.05, 0) is 43.2 Å². The van der Waals surface area contributed by atoms with Gasteiger partial charge >= 0.3 is 12.1 Å². The lowest BCUT2D eigenvalue weighted by atomic mass is 10.0. The summed E-state index contributed by atoms with van der Waals surface area (Å²) in [5.74, 6) is -0.567. The molecule has 0 bridgehead atoms. The van der Waals surface area contributed by atoms with Crippen LogP contribution in [0, 0.1) is 6.92 Å². The van der Waals surface area contributed by atoms with Gasteiger partial charge in [0.2, 0.25) is 0 Å². The van der Waals surface area contributed by atoms with Crippen molar-refractivity contribution in [1.29, 1.82) is 0 Å². The van der Waals surface area contributed by atoms with Crippen molar-refractivity contribution >= 4 is 29.4 Å². The summed E-state index contributed by atoms with van der Waals surface area (Å²) in [4.78, 5) is 27.9. The van der Waals surface area contributed by atoms with Crippen LogP contribution in [0.15, 0.2) is 71.5 Å². The van der Waals surface area contributed by atoms with E-state index in [-0.39, 0.29) is 6.42 Å². The Balaban J connectivity index is 1.56. The van der Waals surface area contributed by atoms with E-state index in [1.807, 2.05) is 30.3 Å². The van der Waals surface area contributed by atoms with Crippen molar-refractivity contribution < 1.29 is 24.0 Å². The number of ether oxygens (including phenoxy) is 1. The first-order chi connectivity index (χ1) is 16.8. The summed E-state index contributed by atoms with van der Waals surface area (Å²) in [6, 6.07) is 16.3. The molecule has 0 fully saturated rings. The Labute approximate surface area is 206 Å². The van der Waals surface area contributed by atoms with E-state index in [0.717, 1.165) is 11.1 Å². The minimum Gasteiger partial charge on any atom is -0.481 e. The van der Waals surface area contributed by atoms with E-state index in [0.29, 0.717) is 38.9 Å². The van der Waals surface area contributed by atoms with E-state index in [1.165, 1.54) is 6.20 Å². The van der Waals surface area contributed by atoms with Crippen molar-refractivity contribution in [2.45, 2.75) is 26.4 Å². The van der Waals surface area contributed by atoms with Crippen molar-refractivity contribution in [2.75, 3.05) is 5.32 Å². The third-order valence-electron chi connectivity index (χ3n) is 5.33. The molecular formula is C26H22ClN3O5. The normalized spacial score (nSPS) is 11.6. The van der Waals surface area contributed by atoms with Crippen LogP contribution in [-0.2, 0) is 16.0 Å². The minimum absolute atomic E-state index is 0.120. The zero-order valence-corrected chi connectivity index (χ0v) is 19.7.